The zero-order chi connectivity index (χ0) is 13.8. The van der Waals surface area contributed by atoms with Gasteiger partial charge in [-0.1, -0.05) is 0 Å². The second-order valence-corrected chi connectivity index (χ2v) is 6.09. The number of nitrogens with one attached hydrogen (secondary N) is 1. The molecule has 1 amide bonds. The van der Waals surface area contributed by atoms with Crippen molar-refractivity contribution in [3.63, 3.8) is 0 Å². The first-order chi connectivity index (χ1) is 8.30. The van der Waals surface area contributed by atoms with Crippen LogP contribution in [0.4, 0.5) is 4.79 Å². The molecule has 3 N–H and O–H groups in total. The summed E-state index contributed by atoms with van der Waals surface area (Å²) in [7, 11) is 1.69. The number of ether oxygens (including phenoxy) is 2. The van der Waals surface area contributed by atoms with Crippen molar-refractivity contribution in [2.24, 2.45) is 11.7 Å². The molecule has 5 heteroatoms. The van der Waals surface area contributed by atoms with E-state index in [-0.39, 0.29) is 11.7 Å². The molecule has 0 aromatic rings. The Balaban J connectivity index is 2.31. The van der Waals surface area contributed by atoms with E-state index in [0.29, 0.717) is 19.0 Å². The predicted octanol–water partition coefficient (Wildman–Crippen LogP) is 1.66. The van der Waals surface area contributed by atoms with Gasteiger partial charge in [-0.3, -0.25) is 0 Å². The quantitative estimate of drug-likeness (QED) is 0.786. The van der Waals surface area contributed by atoms with E-state index in [4.69, 9.17) is 15.2 Å². The lowest BCUT2D eigenvalue weighted by atomic mass is 9.69. The third kappa shape index (κ3) is 4.46. The molecule has 5 nitrogen and oxygen atoms in total. The molecule has 0 unspecified atom stereocenters. The fourth-order valence-electron chi connectivity index (χ4n) is 2.36. The highest BCUT2D eigenvalue weighted by Crippen LogP contribution is 2.41. The number of rotatable bonds is 5. The van der Waals surface area contributed by atoms with Gasteiger partial charge in [-0.05, 0) is 52.5 Å². The Bertz CT molecular complexity index is 280. The first kappa shape index (κ1) is 15.2. The highest BCUT2D eigenvalue weighted by molar-refractivity contribution is 5.67. The van der Waals surface area contributed by atoms with Crippen molar-refractivity contribution >= 4 is 6.09 Å². The standard InChI is InChI=1S/C13H26N2O3/c1-12(2,3)18-11(16)15-9-13(17-4)7-10(8-13)5-6-14/h10H,5-9,14H2,1-4H3,(H,15,16). The zero-order valence-electron chi connectivity index (χ0n) is 11.9. The molecule has 1 rings (SSSR count). The zero-order valence-corrected chi connectivity index (χ0v) is 11.9. The summed E-state index contributed by atoms with van der Waals surface area (Å²) in [6.07, 6.45) is 2.55. The van der Waals surface area contributed by atoms with Gasteiger partial charge in [0.15, 0.2) is 0 Å². The summed E-state index contributed by atoms with van der Waals surface area (Å²) in [5.41, 5.74) is 4.84. The average Bonchev–Trinajstić information content (AvgIpc) is 2.19. The molecular weight excluding hydrogens is 232 g/mol. The summed E-state index contributed by atoms with van der Waals surface area (Å²) in [5.74, 6) is 0.621. The van der Waals surface area contributed by atoms with Gasteiger partial charge >= 0.3 is 6.09 Å². The molecule has 0 atom stereocenters. The third-order valence-corrected chi connectivity index (χ3v) is 3.28. The van der Waals surface area contributed by atoms with Gasteiger partial charge in [-0.15, -0.1) is 0 Å². The van der Waals surface area contributed by atoms with Crippen LogP contribution in [0.2, 0.25) is 0 Å². The highest BCUT2D eigenvalue weighted by Gasteiger charge is 2.44. The molecule has 18 heavy (non-hydrogen) atoms. The Kier molecular flexibility index (Phi) is 4.99. The van der Waals surface area contributed by atoms with E-state index < -0.39 is 5.60 Å². The number of hydrogen-bond acceptors (Lipinski definition) is 4. The Morgan fingerprint density at radius 2 is 2.06 bits per heavy atom. The minimum atomic E-state index is -0.466. The second kappa shape index (κ2) is 5.89. The van der Waals surface area contributed by atoms with Gasteiger partial charge in [0.2, 0.25) is 0 Å². The van der Waals surface area contributed by atoms with Crippen LogP contribution in [-0.4, -0.2) is 37.5 Å². The normalized spacial score (nSPS) is 27.5. The molecule has 1 aliphatic carbocycles. The van der Waals surface area contributed by atoms with Gasteiger partial charge < -0.3 is 20.5 Å². The Labute approximate surface area is 109 Å². The molecule has 0 aromatic heterocycles. The Hall–Kier alpha value is -0.810. The maximum atomic E-state index is 11.6. The number of nitrogens with two attached hydrogens (primary N) is 1. The van der Waals surface area contributed by atoms with Crippen LogP contribution in [0.3, 0.4) is 0 Å². The molecule has 0 aromatic carbocycles. The molecular formula is C13H26N2O3. The van der Waals surface area contributed by atoms with Crippen molar-refractivity contribution in [3.8, 4) is 0 Å². The highest BCUT2D eigenvalue weighted by atomic mass is 16.6. The van der Waals surface area contributed by atoms with Gasteiger partial charge in [0.1, 0.15) is 5.60 Å². The SMILES string of the molecule is COC1(CNC(=O)OC(C)(C)C)CC(CCN)C1. The van der Waals surface area contributed by atoms with Gasteiger partial charge in [-0.2, -0.15) is 0 Å². The van der Waals surface area contributed by atoms with Crippen LogP contribution >= 0.6 is 0 Å². The van der Waals surface area contributed by atoms with Crippen LogP contribution in [0.5, 0.6) is 0 Å². The minimum absolute atomic E-state index is 0.225. The molecule has 1 fully saturated rings. The fraction of sp³-hybridized carbons (Fsp3) is 0.923. The summed E-state index contributed by atoms with van der Waals surface area (Å²) in [4.78, 5) is 11.6. The first-order valence-corrected chi connectivity index (χ1v) is 6.52. The van der Waals surface area contributed by atoms with Crippen molar-refractivity contribution in [2.45, 2.75) is 51.2 Å². The monoisotopic (exact) mass is 258 g/mol. The number of hydrogen-bond donors (Lipinski definition) is 2. The first-order valence-electron chi connectivity index (χ1n) is 6.52. The summed E-state index contributed by atoms with van der Waals surface area (Å²) >= 11 is 0. The third-order valence-electron chi connectivity index (χ3n) is 3.28. The molecule has 1 aliphatic rings. The molecule has 0 bridgehead atoms. The maximum absolute atomic E-state index is 11.6. The molecule has 0 heterocycles. The van der Waals surface area contributed by atoms with E-state index in [0.717, 1.165) is 19.3 Å². The molecule has 0 saturated heterocycles. The van der Waals surface area contributed by atoms with Gasteiger partial charge in [0, 0.05) is 13.7 Å². The number of carbonyl (C=O) groups is 1. The van der Waals surface area contributed by atoms with Crippen LogP contribution in [-0.2, 0) is 9.47 Å². The second-order valence-electron chi connectivity index (χ2n) is 6.09. The van der Waals surface area contributed by atoms with Crippen LogP contribution in [0.25, 0.3) is 0 Å². The Morgan fingerprint density at radius 1 is 1.44 bits per heavy atom. The topological polar surface area (TPSA) is 73.6 Å². The average molecular weight is 258 g/mol. The smallest absolute Gasteiger partial charge is 0.407 e. The van der Waals surface area contributed by atoms with Crippen molar-refractivity contribution < 1.29 is 14.3 Å². The van der Waals surface area contributed by atoms with Crippen molar-refractivity contribution in [1.82, 2.24) is 5.32 Å². The van der Waals surface area contributed by atoms with E-state index in [1.165, 1.54) is 0 Å². The lowest BCUT2D eigenvalue weighted by Crippen LogP contribution is -2.54. The number of amides is 1. The molecule has 0 radical (unpaired) electrons. The number of alkyl carbamates (subject to hydrolysis) is 1. The Morgan fingerprint density at radius 3 is 2.50 bits per heavy atom. The molecule has 0 spiro atoms. The lowest BCUT2D eigenvalue weighted by Gasteiger charge is -2.46. The van der Waals surface area contributed by atoms with Crippen molar-refractivity contribution in [3.05, 3.63) is 0 Å². The van der Waals surface area contributed by atoms with Gasteiger partial charge in [0.25, 0.3) is 0 Å². The van der Waals surface area contributed by atoms with Gasteiger partial charge in [0.05, 0.1) is 5.60 Å². The number of methoxy groups -OCH3 is 1. The van der Waals surface area contributed by atoms with E-state index in [2.05, 4.69) is 5.32 Å². The summed E-state index contributed by atoms with van der Waals surface area (Å²) < 4.78 is 10.7. The summed E-state index contributed by atoms with van der Waals surface area (Å²) in [6.45, 7) is 6.75. The molecule has 106 valence electrons. The fourth-order valence-corrected chi connectivity index (χ4v) is 2.36. The summed E-state index contributed by atoms with van der Waals surface area (Å²) in [6, 6.07) is 0. The maximum Gasteiger partial charge on any atom is 0.407 e. The van der Waals surface area contributed by atoms with Crippen LogP contribution < -0.4 is 11.1 Å². The van der Waals surface area contributed by atoms with E-state index in [9.17, 15) is 4.79 Å². The van der Waals surface area contributed by atoms with Crippen LogP contribution in [0.1, 0.15) is 40.0 Å². The van der Waals surface area contributed by atoms with E-state index in [1.807, 2.05) is 20.8 Å². The summed E-state index contributed by atoms with van der Waals surface area (Å²) in [5, 5.41) is 2.78. The van der Waals surface area contributed by atoms with Crippen molar-refractivity contribution in [2.75, 3.05) is 20.2 Å². The van der Waals surface area contributed by atoms with Crippen molar-refractivity contribution in [1.29, 1.82) is 0 Å². The van der Waals surface area contributed by atoms with Gasteiger partial charge in [-0.25, -0.2) is 4.79 Å². The van der Waals surface area contributed by atoms with E-state index >= 15 is 0 Å². The largest absolute Gasteiger partial charge is 0.444 e. The van der Waals surface area contributed by atoms with Crippen LogP contribution in [0, 0.1) is 5.92 Å². The molecule has 0 aliphatic heterocycles. The lowest BCUT2D eigenvalue weighted by molar-refractivity contribution is -0.103. The molecule has 1 saturated carbocycles. The van der Waals surface area contributed by atoms with Crippen LogP contribution in [0.15, 0.2) is 0 Å². The number of carbonyl (C=O) groups excluding carboxylic acids is 1. The van der Waals surface area contributed by atoms with E-state index in [1.54, 1.807) is 7.11 Å². The predicted molar refractivity (Wildman–Crippen MR) is 70.4 cm³/mol. The minimum Gasteiger partial charge on any atom is -0.444 e.